The lowest BCUT2D eigenvalue weighted by atomic mass is 10.3. The zero-order valence-corrected chi connectivity index (χ0v) is 14.8. The van der Waals surface area contributed by atoms with E-state index >= 15 is 0 Å². The number of anilines is 2. The Hall–Kier alpha value is -2.77. The van der Waals surface area contributed by atoms with Crippen LogP contribution in [0.4, 0.5) is 10.8 Å². The molecule has 1 N–H and O–H groups in total. The summed E-state index contributed by atoms with van der Waals surface area (Å²) in [6, 6.07) is 17.3. The first kappa shape index (κ1) is 15.7. The Bertz CT molecular complexity index is 994. The number of aromatic nitrogens is 5. The molecule has 0 spiro atoms. The van der Waals surface area contributed by atoms with Gasteiger partial charge in [0, 0.05) is 10.7 Å². The van der Waals surface area contributed by atoms with Crippen molar-refractivity contribution in [1.29, 1.82) is 0 Å². The standard InChI is InChI=1S/C17H13ClN6S/c1-11-15(20-23-24(11)14-9-7-12(18)8-10-14)16-21-22-17(25-16)19-13-5-3-2-4-6-13/h2-10H,1H3,(H,19,22). The highest BCUT2D eigenvalue weighted by Crippen LogP contribution is 2.29. The third-order valence-electron chi connectivity index (χ3n) is 3.62. The van der Waals surface area contributed by atoms with Gasteiger partial charge in [0.15, 0.2) is 5.01 Å². The van der Waals surface area contributed by atoms with Crippen LogP contribution in [0.15, 0.2) is 54.6 Å². The average Bonchev–Trinajstić information content (AvgIpc) is 3.23. The summed E-state index contributed by atoms with van der Waals surface area (Å²) >= 11 is 7.38. The van der Waals surface area contributed by atoms with Crippen LogP contribution in [0, 0.1) is 6.92 Å². The minimum absolute atomic E-state index is 0.683. The molecule has 0 saturated carbocycles. The molecule has 0 saturated heterocycles. The van der Waals surface area contributed by atoms with Crippen LogP contribution in [0.1, 0.15) is 5.69 Å². The van der Waals surface area contributed by atoms with E-state index in [1.165, 1.54) is 11.3 Å². The van der Waals surface area contributed by atoms with E-state index in [9.17, 15) is 0 Å². The van der Waals surface area contributed by atoms with Gasteiger partial charge in [0.25, 0.3) is 0 Å². The van der Waals surface area contributed by atoms with Gasteiger partial charge in [-0.3, -0.25) is 0 Å². The summed E-state index contributed by atoms with van der Waals surface area (Å²) in [6.45, 7) is 1.95. The molecule has 2 aromatic carbocycles. The van der Waals surface area contributed by atoms with Gasteiger partial charge < -0.3 is 5.32 Å². The van der Waals surface area contributed by atoms with Crippen molar-refractivity contribution in [2.24, 2.45) is 0 Å². The predicted molar refractivity (Wildman–Crippen MR) is 99.7 cm³/mol. The molecule has 0 fully saturated rings. The monoisotopic (exact) mass is 368 g/mol. The molecule has 4 rings (SSSR count). The van der Waals surface area contributed by atoms with Gasteiger partial charge in [-0.15, -0.1) is 15.3 Å². The molecule has 4 aromatic rings. The molecule has 0 unspecified atom stereocenters. The average molecular weight is 369 g/mol. The molecule has 2 heterocycles. The third-order valence-corrected chi connectivity index (χ3v) is 4.72. The molecule has 0 bridgehead atoms. The van der Waals surface area contributed by atoms with Crippen LogP contribution >= 0.6 is 22.9 Å². The number of hydrogen-bond donors (Lipinski definition) is 1. The zero-order chi connectivity index (χ0) is 17.2. The van der Waals surface area contributed by atoms with Crippen molar-refractivity contribution in [2.45, 2.75) is 6.92 Å². The molecule has 0 aliphatic heterocycles. The Balaban J connectivity index is 1.62. The van der Waals surface area contributed by atoms with E-state index in [1.54, 1.807) is 4.68 Å². The van der Waals surface area contributed by atoms with Crippen molar-refractivity contribution in [1.82, 2.24) is 25.2 Å². The highest BCUT2D eigenvalue weighted by atomic mass is 35.5. The molecule has 0 amide bonds. The number of rotatable bonds is 4. The predicted octanol–water partition coefficient (Wildman–Crippen LogP) is 4.49. The first-order chi connectivity index (χ1) is 12.2. The van der Waals surface area contributed by atoms with Crippen LogP contribution in [-0.4, -0.2) is 25.2 Å². The van der Waals surface area contributed by atoms with Gasteiger partial charge in [0.2, 0.25) is 5.13 Å². The van der Waals surface area contributed by atoms with Crippen molar-refractivity contribution in [3.63, 3.8) is 0 Å². The maximum Gasteiger partial charge on any atom is 0.210 e. The van der Waals surface area contributed by atoms with E-state index in [1.807, 2.05) is 61.5 Å². The first-order valence-corrected chi connectivity index (χ1v) is 8.74. The van der Waals surface area contributed by atoms with E-state index in [4.69, 9.17) is 11.6 Å². The minimum Gasteiger partial charge on any atom is -0.330 e. The number of nitrogens with zero attached hydrogens (tertiary/aromatic N) is 5. The molecule has 0 aliphatic rings. The van der Waals surface area contributed by atoms with Gasteiger partial charge in [0.05, 0.1) is 11.4 Å². The number of benzene rings is 2. The normalized spacial score (nSPS) is 10.8. The number of halogens is 1. The Morgan fingerprint density at radius 1 is 0.960 bits per heavy atom. The number of hydrogen-bond acceptors (Lipinski definition) is 6. The van der Waals surface area contributed by atoms with Gasteiger partial charge in [0.1, 0.15) is 5.69 Å². The summed E-state index contributed by atoms with van der Waals surface area (Å²) < 4.78 is 1.76. The van der Waals surface area contributed by atoms with E-state index in [2.05, 4.69) is 25.8 Å². The molecule has 0 atom stereocenters. The van der Waals surface area contributed by atoms with Crippen molar-refractivity contribution in [3.8, 4) is 16.4 Å². The fourth-order valence-electron chi connectivity index (χ4n) is 2.37. The summed E-state index contributed by atoms with van der Waals surface area (Å²) in [5.41, 5.74) is 3.47. The molecular weight excluding hydrogens is 356 g/mol. The second kappa shape index (κ2) is 6.62. The number of para-hydroxylation sites is 1. The SMILES string of the molecule is Cc1c(-c2nnc(Nc3ccccc3)s2)nnn1-c1ccc(Cl)cc1. The Morgan fingerprint density at radius 2 is 1.72 bits per heavy atom. The van der Waals surface area contributed by atoms with Gasteiger partial charge in [-0.05, 0) is 43.3 Å². The zero-order valence-electron chi connectivity index (χ0n) is 13.2. The molecular formula is C17H13ClN6S. The van der Waals surface area contributed by atoms with Gasteiger partial charge in [-0.2, -0.15) is 0 Å². The highest BCUT2D eigenvalue weighted by molar-refractivity contribution is 7.18. The summed E-state index contributed by atoms with van der Waals surface area (Å²) in [7, 11) is 0. The lowest BCUT2D eigenvalue weighted by molar-refractivity contribution is 0.785. The molecule has 6 nitrogen and oxygen atoms in total. The third kappa shape index (κ3) is 3.24. The first-order valence-electron chi connectivity index (χ1n) is 7.55. The molecule has 0 radical (unpaired) electrons. The fraction of sp³-hybridized carbons (Fsp3) is 0.0588. The molecule has 2 aromatic heterocycles. The maximum absolute atomic E-state index is 5.94. The molecule has 25 heavy (non-hydrogen) atoms. The largest absolute Gasteiger partial charge is 0.330 e. The molecule has 0 aliphatic carbocycles. The van der Waals surface area contributed by atoms with E-state index in [0.717, 1.165) is 22.1 Å². The quantitative estimate of drug-likeness (QED) is 0.574. The maximum atomic E-state index is 5.94. The van der Waals surface area contributed by atoms with E-state index in [-0.39, 0.29) is 0 Å². The second-order valence-electron chi connectivity index (χ2n) is 5.32. The van der Waals surface area contributed by atoms with E-state index in [0.29, 0.717) is 15.8 Å². The molecule has 8 heteroatoms. The smallest absolute Gasteiger partial charge is 0.210 e. The van der Waals surface area contributed by atoms with Crippen molar-refractivity contribution in [3.05, 3.63) is 65.3 Å². The van der Waals surface area contributed by atoms with Gasteiger partial charge >= 0.3 is 0 Å². The summed E-state index contributed by atoms with van der Waals surface area (Å²) in [5, 5.41) is 22.3. The second-order valence-corrected chi connectivity index (χ2v) is 6.73. The summed E-state index contributed by atoms with van der Waals surface area (Å²) in [4.78, 5) is 0. The topological polar surface area (TPSA) is 68.5 Å². The van der Waals surface area contributed by atoms with E-state index < -0.39 is 0 Å². The van der Waals surface area contributed by atoms with Gasteiger partial charge in [-0.25, -0.2) is 4.68 Å². The van der Waals surface area contributed by atoms with Gasteiger partial charge in [-0.1, -0.05) is 46.4 Å². The minimum atomic E-state index is 0.683. The Labute approximate surface area is 153 Å². The van der Waals surface area contributed by atoms with Crippen molar-refractivity contribution in [2.75, 3.05) is 5.32 Å². The van der Waals surface area contributed by atoms with Crippen LogP contribution in [-0.2, 0) is 0 Å². The molecule has 124 valence electrons. The summed E-state index contributed by atoms with van der Waals surface area (Å²) in [5.74, 6) is 0. The summed E-state index contributed by atoms with van der Waals surface area (Å²) in [6.07, 6.45) is 0. The lowest BCUT2D eigenvalue weighted by Crippen LogP contribution is -1.98. The van der Waals surface area contributed by atoms with Crippen LogP contribution in [0.5, 0.6) is 0 Å². The van der Waals surface area contributed by atoms with Crippen LogP contribution < -0.4 is 5.32 Å². The number of nitrogens with one attached hydrogen (secondary N) is 1. The fourth-order valence-corrected chi connectivity index (χ4v) is 3.30. The highest BCUT2D eigenvalue weighted by Gasteiger charge is 2.16. The van der Waals surface area contributed by atoms with Crippen LogP contribution in [0.25, 0.3) is 16.4 Å². The van der Waals surface area contributed by atoms with Crippen LogP contribution in [0.2, 0.25) is 5.02 Å². The lowest BCUT2D eigenvalue weighted by Gasteiger charge is -2.02. The Morgan fingerprint density at radius 3 is 2.48 bits per heavy atom. The van der Waals surface area contributed by atoms with Crippen molar-refractivity contribution >= 4 is 33.8 Å². The van der Waals surface area contributed by atoms with Crippen molar-refractivity contribution < 1.29 is 0 Å². The Kier molecular flexibility index (Phi) is 4.17. The van der Waals surface area contributed by atoms with Crippen LogP contribution in [0.3, 0.4) is 0 Å².